The van der Waals surface area contributed by atoms with Crippen LogP contribution in [0.25, 0.3) is 0 Å². The third-order valence-corrected chi connectivity index (χ3v) is 4.65. The Kier molecular flexibility index (Phi) is 4.82. The van der Waals surface area contributed by atoms with Gasteiger partial charge in [-0.1, -0.05) is 20.8 Å². The van der Waals surface area contributed by atoms with E-state index in [-0.39, 0.29) is 0 Å². The Morgan fingerprint density at radius 1 is 1.29 bits per heavy atom. The van der Waals surface area contributed by atoms with E-state index in [1.807, 2.05) is 0 Å². The molecule has 1 aliphatic carbocycles. The second kappa shape index (κ2) is 6.27. The Morgan fingerprint density at radius 3 is 2.57 bits per heavy atom. The van der Waals surface area contributed by atoms with Crippen molar-refractivity contribution >= 4 is 0 Å². The molecule has 0 bridgehead atoms. The first-order valence-corrected chi connectivity index (χ1v) is 7.91. The minimum absolute atomic E-state index is 0.325. The monoisotopic (exact) mass is 291 g/mol. The molecule has 0 radical (unpaired) electrons. The van der Waals surface area contributed by atoms with Crippen molar-refractivity contribution in [1.82, 2.24) is 5.32 Å². The van der Waals surface area contributed by atoms with Crippen LogP contribution in [0.15, 0.2) is 6.07 Å². The van der Waals surface area contributed by atoms with Gasteiger partial charge in [0, 0.05) is 11.6 Å². The number of aryl methyl sites for hydroxylation is 1. The summed E-state index contributed by atoms with van der Waals surface area (Å²) in [4.78, 5) is 0. The molecule has 0 saturated heterocycles. The normalized spacial score (nSPS) is 20.6. The van der Waals surface area contributed by atoms with Gasteiger partial charge in [-0.3, -0.25) is 0 Å². The molecule has 1 aromatic carbocycles. The molecule has 0 aromatic heterocycles. The van der Waals surface area contributed by atoms with Crippen LogP contribution in [0.4, 0.5) is 0 Å². The Labute approximate surface area is 129 Å². The highest BCUT2D eigenvalue weighted by atomic mass is 16.5. The Morgan fingerprint density at radius 2 is 2.00 bits per heavy atom. The molecular weight excluding hydrogens is 262 g/mol. The van der Waals surface area contributed by atoms with Gasteiger partial charge in [-0.25, -0.2) is 0 Å². The minimum Gasteiger partial charge on any atom is -0.493 e. The predicted octanol–water partition coefficient (Wildman–Crippen LogP) is 4.03. The summed E-state index contributed by atoms with van der Waals surface area (Å²) in [7, 11) is 3.46. The summed E-state index contributed by atoms with van der Waals surface area (Å²) in [5.41, 5.74) is 4.38. The van der Waals surface area contributed by atoms with Gasteiger partial charge in [0.2, 0.25) is 0 Å². The molecule has 3 nitrogen and oxygen atoms in total. The molecule has 1 N–H and O–H groups in total. The Hall–Kier alpha value is -1.22. The van der Waals surface area contributed by atoms with E-state index in [2.05, 4.69) is 39.1 Å². The fraction of sp³-hybridized carbons (Fsp3) is 0.667. The van der Waals surface area contributed by atoms with Crippen LogP contribution in [0.2, 0.25) is 0 Å². The van der Waals surface area contributed by atoms with Crippen LogP contribution in [0.5, 0.6) is 11.5 Å². The second-order valence-electron chi connectivity index (χ2n) is 6.80. The molecule has 0 aliphatic heterocycles. The van der Waals surface area contributed by atoms with Crippen LogP contribution in [0.3, 0.4) is 0 Å². The largest absolute Gasteiger partial charge is 0.493 e. The molecule has 1 aliphatic rings. The molecule has 0 amide bonds. The summed E-state index contributed by atoms with van der Waals surface area (Å²) in [5, 5.41) is 3.65. The van der Waals surface area contributed by atoms with E-state index in [9.17, 15) is 0 Å². The van der Waals surface area contributed by atoms with Gasteiger partial charge in [0.15, 0.2) is 11.5 Å². The van der Waals surface area contributed by atoms with Gasteiger partial charge in [-0.2, -0.15) is 0 Å². The zero-order valence-corrected chi connectivity index (χ0v) is 14.3. The SMILES string of the molecule is CCNC1CC(C)(C)CCc2c(C)cc(OC)c(OC)c21. The van der Waals surface area contributed by atoms with Crippen molar-refractivity contribution in [2.45, 2.75) is 53.0 Å². The van der Waals surface area contributed by atoms with Crippen molar-refractivity contribution < 1.29 is 9.47 Å². The number of fused-ring (bicyclic) bond motifs is 1. The first kappa shape index (κ1) is 16.2. The minimum atomic E-state index is 0.325. The number of nitrogens with one attached hydrogen (secondary N) is 1. The summed E-state index contributed by atoms with van der Waals surface area (Å²) in [6.07, 6.45) is 3.44. The van der Waals surface area contributed by atoms with Gasteiger partial charge < -0.3 is 14.8 Å². The molecule has 1 atom stereocenters. The van der Waals surface area contributed by atoms with E-state index in [4.69, 9.17) is 9.47 Å². The van der Waals surface area contributed by atoms with Crippen molar-refractivity contribution in [2.24, 2.45) is 5.41 Å². The third-order valence-electron chi connectivity index (χ3n) is 4.65. The number of rotatable bonds is 4. The lowest BCUT2D eigenvalue weighted by Crippen LogP contribution is -2.26. The molecular formula is C18H29NO2. The fourth-order valence-electron chi connectivity index (χ4n) is 3.53. The molecule has 1 aromatic rings. The quantitative estimate of drug-likeness (QED) is 0.850. The van der Waals surface area contributed by atoms with Gasteiger partial charge in [0.25, 0.3) is 0 Å². The number of benzene rings is 1. The summed E-state index contributed by atoms with van der Waals surface area (Å²) in [6.45, 7) is 10.0. The van der Waals surface area contributed by atoms with Crippen LogP contribution in [-0.2, 0) is 6.42 Å². The molecule has 21 heavy (non-hydrogen) atoms. The number of hydrogen-bond donors (Lipinski definition) is 1. The maximum Gasteiger partial charge on any atom is 0.165 e. The zero-order valence-electron chi connectivity index (χ0n) is 14.3. The van der Waals surface area contributed by atoms with Crippen LogP contribution >= 0.6 is 0 Å². The Bertz CT molecular complexity index is 508. The highest BCUT2D eigenvalue weighted by molar-refractivity contribution is 5.56. The average molecular weight is 291 g/mol. The van der Waals surface area contributed by atoms with Gasteiger partial charge in [-0.15, -0.1) is 0 Å². The predicted molar refractivity (Wildman–Crippen MR) is 87.4 cm³/mol. The number of hydrogen-bond acceptors (Lipinski definition) is 3. The highest BCUT2D eigenvalue weighted by Gasteiger charge is 2.33. The van der Waals surface area contributed by atoms with Crippen molar-refractivity contribution in [1.29, 1.82) is 0 Å². The maximum absolute atomic E-state index is 5.72. The first-order valence-electron chi connectivity index (χ1n) is 7.91. The fourth-order valence-corrected chi connectivity index (χ4v) is 3.53. The van der Waals surface area contributed by atoms with E-state index in [1.54, 1.807) is 14.2 Å². The van der Waals surface area contributed by atoms with Crippen molar-refractivity contribution in [2.75, 3.05) is 20.8 Å². The molecule has 0 heterocycles. The smallest absolute Gasteiger partial charge is 0.165 e. The lowest BCUT2D eigenvalue weighted by molar-refractivity contribution is 0.271. The van der Waals surface area contributed by atoms with Crippen LogP contribution in [0.1, 0.15) is 56.3 Å². The van der Waals surface area contributed by atoms with E-state index in [0.717, 1.165) is 30.9 Å². The van der Waals surface area contributed by atoms with Crippen molar-refractivity contribution in [3.05, 3.63) is 22.8 Å². The summed E-state index contributed by atoms with van der Waals surface area (Å²) < 4.78 is 11.3. The van der Waals surface area contributed by atoms with Crippen molar-refractivity contribution in [3.8, 4) is 11.5 Å². The molecule has 3 heteroatoms. The van der Waals surface area contributed by atoms with Crippen LogP contribution in [-0.4, -0.2) is 20.8 Å². The van der Waals surface area contributed by atoms with Gasteiger partial charge in [-0.05, 0) is 55.3 Å². The first-order chi connectivity index (χ1) is 9.93. The lowest BCUT2D eigenvalue weighted by atomic mass is 9.83. The lowest BCUT2D eigenvalue weighted by Gasteiger charge is -2.28. The average Bonchev–Trinajstić information content (AvgIpc) is 2.56. The van der Waals surface area contributed by atoms with Gasteiger partial charge >= 0.3 is 0 Å². The Balaban J connectivity index is 2.63. The van der Waals surface area contributed by atoms with E-state index in [0.29, 0.717) is 11.5 Å². The molecule has 2 rings (SSSR count). The molecule has 1 unspecified atom stereocenters. The number of ether oxygens (including phenoxy) is 2. The van der Waals surface area contributed by atoms with Crippen LogP contribution < -0.4 is 14.8 Å². The molecule has 0 spiro atoms. The van der Waals surface area contributed by atoms with Gasteiger partial charge in [0.05, 0.1) is 14.2 Å². The topological polar surface area (TPSA) is 30.5 Å². The molecule has 0 saturated carbocycles. The van der Waals surface area contributed by atoms with E-state index < -0.39 is 0 Å². The van der Waals surface area contributed by atoms with E-state index in [1.165, 1.54) is 23.1 Å². The van der Waals surface area contributed by atoms with Crippen molar-refractivity contribution in [3.63, 3.8) is 0 Å². The second-order valence-corrected chi connectivity index (χ2v) is 6.80. The zero-order chi connectivity index (χ0) is 15.6. The molecule has 118 valence electrons. The maximum atomic E-state index is 5.72. The summed E-state index contributed by atoms with van der Waals surface area (Å²) in [5.74, 6) is 1.75. The highest BCUT2D eigenvalue weighted by Crippen LogP contribution is 2.47. The standard InChI is InChI=1S/C18H29NO2/c1-7-19-14-11-18(3,4)9-8-13-12(2)10-15(20-5)17(21-6)16(13)14/h10,14,19H,7-9,11H2,1-6H3. The summed E-state index contributed by atoms with van der Waals surface area (Å²) >= 11 is 0. The van der Waals surface area contributed by atoms with Crippen LogP contribution in [0, 0.1) is 12.3 Å². The summed E-state index contributed by atoms with van der Waals surface area (Å²) in [6, 6.07) is 2.44. The van der Waals surface area contributed by atoms with Gasteiger partial charge in [0.1, 0.15) is 0 Å². The number of methoxy groups -OCH3 is 2. The van der Waals surface area contributed by atoms with E-state index >= 15 is 0 Å². The third kappa shape index (κ3) is 3.18. The molecule has 0 fully saturated rings.